The van der Waals surface area contributed by atoms with Gasteiger partial charge in [0.05, 0.1) is 14.2 Å². The maximum atomic E-state index is 12.2. The normalized spacial score (nSPS) is 14.2. The highest BCUT2D eigenvalue weighted by Crippen LogP contribution is 2.12. The van der Waals surface area contributed by atoms with Gasteiger partial charge in [0.15, 0.2) is 12.4 Å². The largest absolute Gasteiger partial charge is 0.466 e. The van der Waals surface area contributed by atoms with Gasteiger partial charge in [0.1, 0.15) is 6.08 Å². The third kappa shape index (κ3) is 5.42. The number of allylic oxidation sites excluding steroid dienone is 5. The third-order valence-electron chi connectivity index (χ3n) is 3.40. The lowest BCUT2D eigenvalue weighted by Gasteiger charge is -2.04. The predicted octanol–water partition coefficient (Wildman–Crippen LogP) is 2.75. The average Bonchev–Trinajstić information content (AvgIpc) is 2.66. The van der Waals surface area contributed by atoms with Crippen LogP contribution in [0.15, 0.2) is 78.2 Å². The van der Waals surface area contributed by atoms with E-state index >= 15 is 0 Å². The molecule has 5 nitrogen and oxygen atoms in total. The van der Waals surface area contributed by atoms with Crippen molar-refractivity contribution in [3.8, 4) is 0 Å². The molecule has 1 aliphatic carbocycles. The van der Waals surface area contributed by atoms with Gasteiger partial charge in [0, 0.05) is 11.1 Å². The SMILES string of the molecule is COC(=O)/C=C(\C(=O)OC)[N+](C=C1C=CCC=C1)=Cc1ccccc1. The summed E-state index contributed by atoms with van der Waals surface area (Å²) in [4.78, 5) is 23.9. The molecule has 5 heteroatoms. The molecule has 0 aromatic heterocycles. The fourth-order valence-electron chi connectivity index (χ4n) is 2.18. The molecular weight excluding hydrogens is 318 g/mol. The summed E-state index contributed by atoms with van der Waals surface area (Å²) in [5.41, 5.74) is 1.80. The lowest BCUT2D eigenvalue weighted by molar-refractivity contribution is -0.392. The first kappa shape index (κ1) is 18.1. The number of carbonyl (C=O) groups excluding carboxylic acids is 2. The van der Waals surface area contributed by atoms with Crippen molar-refractivity contribution in [2.24, 2.45) is 0 Å². The first-order chi connectivity index (χ1) is 12.1. The second-order valence-corrected chi connectivity index (χ2v) is 5.16. The highest BCUT2D eigenvalue weighted by molar-refractivity contribution is 5.95. The standard InChI is InChI=1S/C20H20NO4/c1-24-19(22)13-18(20(23)25-2)21(14-16-9-5-3-6-10-16)15-17-11-7-4-8-12-17/h3,5-15H,4H2,1-2H3/q+1/b18-13+,21-14?. The molecule has 0 saturated heterocycles. The Morgan fingerprint density at radius 2 is 1.72 bits per heavy atom. The predicted molar refractivity (Wildman–Crippen MR) is 95.0 cm³/mol. The quantitative estimate of drug-likeness (QED) is 0.358. The summed E-state index contributed by atoms with van der Waals surface area (Å²) in [6.07, 6.45) is 13.4. The number of hydrogen-bond acceptors (Lipinski definition) is 4. The Morgan fingerprint density at radius 1 is 1.04 bits per heavy atom. The molecule has 0 radical (unpaired) electrons. The van der Waals surface area contributed by atoms with Crippen molar-refractivity contribution < 1.29 is 23.6 Å². The van der Waals surface area contributed by atoms with Gasteiger partial charge in [-0.25, -0.2) is 9.59 Å². The number of benzene rings is 1. The molecule has 0 heterocycles. The van der Waals surface area contributed by atoms with Crippen LogP contribution in [0.5, 0.6) is 0 Å². The molecule has 0 bridgehead atoms. The molecule has 0 spiro atoms. The summed E-state index contributed by atoms with van der Waals surface area (Å²) in [7, 11) is 2.52. The molecule has 0 N–H and O–H groups in total. The van der Waals surface area contributed by atoms with Crippen molar-refractivity contribution >= 4 is 18.2 Å². The Hall–Kier alpha value is -3.21. The zero-order valence-electron chi connectivity index (χ0n) is 14.2. The van der Waals surface area contributed by atoms with E-state index in [9.17, 15) is 9.59 Å². The zero-order valence-corrected chi connectivity index (χ0v) is 14.2. The Labute approximate surface area is 146 Å². The molecule has 1 aromatic rings. The van der Waals surface area contributed by atoms with E-state index in [2.05, 4.69) is 4.74 Å². The monoisotopic (exact) mass is 338 g/mol. The van der Waals surface area contributed by atoms with E-state index in [-0.39, 0.29) is 5.70 Å². The fourth-order valence-corrected chi connectivity index (χ4v) is 2.18. The van der Waals surface area contributed by atoms with Crippen LogP contribution in [0.1, 0.15) is 12.0 Å². The summed E-state index contributed by atoms with van der Waals surface area (Å²) in [5, 5.41) is 0. The van der Waals surface area contributed by atoms with E-state index in [0.717, 1.165) is 23.6 Å². The molecule has 0 fully saturated rings. The minimum Gasteiger partial charge on any atom is -0.466 e. The van der Waals surface area contributed by atoms with Crippen molar-refractivity contribution in [3.05, 3.63) is 83.7 Å². The molecule has 1 aromatic carbocycles. The maximum absolute atomic E-state index is 12.2. The second kappa shape index (κ2) is 9.17. The molecular formula is C20H20NO4+. The maximum Gasteiger partial charge on any atom is 0.404 e. The summed E-state index contributed by atoms with van der Waals surface area (Å²) in [5.74, 6) is -1.28. The van der Waals surface area contributed by atoms with Crippen LogP contribution in [0, 0.1) is 0 Å². The topological polar surface area (TPSA) is 55.6 Å². The van der Waals surface area contributed by atoms with Crippen molar-refractivity contribution in [2.75, 3.05) is 14.2 Å². The molecule has 0 saturated carbocycles. The fraction of sp³-hybridized carbons (Fsp3) is 0.150. The van der Waals surface area contributed by atoms with Gasteiger partial charge in [-0.3, -0.25) is 0 Å². The summed E-state index contributed by atoms with van der Waals surface area (Å²) >= 11 is 0. The molecule has 0 unspecified atom stereocenters. The Morgan fingerprint density at radius 3 is 2.32 bits per heavy atom. The van der Waals surface area contributed by atoms with Gasteiger partial charge < -0.3 is 9.47 Å². The lowest BCUT2D eigenvalue weighted by Crippen LogP contribution is -2.19. The van der Waals surface area contributed by atoms with Gasteiger partial charge in [0.2, 0.25) is 0 Å². The highest BCUT2D eigenvalue weighted by Gasteiger charge is 2.24. The average molecular weight is 338 g/mol. The van der Waals surface area contributed by atoms with E-state index in [1.807, 2.05) is 54.6 Å². The number of methoxy groups -OCH3 is 2. The van der Waals surface area contributed by atoms with Crippen molar-refractivity contribution in [1.29, 1.82) is 0 Å². The van der Waals surface area contributed by atoms with Crippen LogP contribution in [0.4, 0.5) is 0 Å². The van der Waals surface area contributed by atoms with Crippen LogP contribution in [-0.4, -0.2) is 36.9 Å². The van der Waals surface area contributed by atoms with Crippen LogP contribution in [0.2, 0.25) is 0 Å². The van der Waals surface area contributed by atoms with Crippen LogP contribution in [0.25, 0.3) is 0 Å². The molecule has 128 valence electrons. The van der Waals surface area contributed by atoms with Gasteiger partial charge in [-0.2, -0.15) is 4.58 Å². The summed E-state index contributed by atoms with van der Waals surface area (Å²) in [6.45, 7) is 0. The highest BCUT2D eigenvalue weighted by atomic mass is 16.5. The first-order valence-corrected chi connectivity index (χ1v) is 7.75. The number of rotatable bonds is 5. The van der Waals surface area contributed by atoms with E-state index in [4.69, 9.17) is 4.74 Å². The molecule has 0 aliphatic heterocycles. The molecule has 0 atom stereocenters. The van der Waals surface area contributed by atoms with E-state index in [0.29, 0.717) is 0 Å². The van der Waals surface area contributed by atoms with E-state index < -0.39 is 11.9 Å². The molecule has 0 amide bonds. The number of hydrogen-bond donors (Lipinski definition) is 0. The minimum atomic E-state index is -0.641. The third-order valence-corrected chi connectivity index (χ3v) is 3.40. The summed E-state index contributed by atoms with van der Waals surface area (Å²) in [6, 6.07) is 9.47. The number of esters is 2. The van der Waals surface area contributed by atoms with Crippen molar-refractivity contribution in [1.82, 2.24) is 0 Å². The van der Waals surface area contributed by atoms with Gasteiger partial charge in [-0.1, -0.05) is 42.5 Å². The minimum absolute atomic E-state index is 0.0538. The first-order valence-electron chi connectivity index (χ1n) is 7.75. The lowest BCUT2D eigenvalue weighted by atomic mass is 10.1. The van der Waals surface area contributed by atoms with Crippen LogP contribution in [0.3, 0.4) is 0 Å². The van der Waals surface area contributed by atoms with Gasteiger partial charge in [0.25, 0.3) is 0 Å². The van der Waals surface area contributed by atoms with Gasteiger partial charge in [-0.05, 0) is 18.6 Å². The Kier molecular flexibility index (Phi) is 6.65. The van der Waals surface area contributed by atoms with E-state index in [1.165, 1.54) is 14.2 Å². The molecule has 2 rings (SSSR count). The Bertz CT molecular complexity index is 769. The second-order valence-electron chi connectivity index (χ2n) is 5.16. The van der Waals surface area contributed by atoms with Crippen molar-refractivity contribution in [2.45, 2.75) is 6.42 Å². The number of carbonyl (C=O) groups is 2. The van der Waals surface area contributed by atoms with Crippen molar-refractivity contribution in [3.63, 3.8) is 0 Å². The molecule has 25 heavy (non-hydrogen) atoms. The van der Waals surface area contributed by atoms with Gasteiger partial charge >= 0.3 is 17.6 Å². The molecule has 1 aliphatic rings. The van der Waals surface area contributed by atoms with Crippen LogP contribution < -0.4 is 0 Å². The zero-order chi connectivity index (χ0) is 18.1. The van der Waals surface area contributed by atoms with Crippen LogP contribution >= 0.6 is 0 Å². The smallest absolute Gasteiger partial charge is 0.404 e. The number of ether oxygens (including phenoxy) is 2. The Balaban J connectivity index is 2.57. The van der Waals surface area contributed by atoms with E-state index in [1.54, 1.807) is 17.0 Å². The van der Waals surface area contributed by atoms with Gasteiger partial charge in [-0.15, -0.1) is 0 Å². The summed E-state index contributed by atoms with van der Waals surface area (Å²) < 4.78 is 11.0. The van der Waals surface area contributed by atoms with Crippen LogP contribution in [-0.2, 0) is 19.1 Å². The number of nitrogens with zero attached hydrogens (tertiary/aromatic N) is 1.